The molecule has 2 amide bonds. The number of rotatable bonds is 3. The molecule has 0 radical (unpaired) electrons. The zero-order valence-electron chi connectivity index (χ0n) is 11.9. The van der Waals surface area contributed by atoms with Crippen LogP contribution in [0.1, 0.15) is 24.8 Å². The molecule has 0 aromatic heterocycles. The van der Waals surface area contributed by atoms with Gasteiger partial charge in [-0.15, -0.1) is 0 Å². The van der Waals surface area contributed by atoms with E-state index in [2.05, 4.69) is 5.32 Å². The van der Waals surface area contributed by atoms with Crippen LogP contribution in [-0.4, -0.2) is 35.1 Å². The SMILES string of the molecule is O=C(NCc1ccccc1)N1C[C@@H]2CCC[C@@]2(C(=O)O)C1. The van der Waals surface area contributed by atoms with Gasteiger partial charge in [0.1, 0.15) is 0 Å². The molecular weight excluding hydrogens is 268 g/mol. The van der Waals surface area contributed by atoms with Gasteiger partial charge in [-0.25, -0.2) is 4.79 Å². The van der Waals surface area contributed by atoms with Gasteiger partial charge in [-0.3, -0.25) is 4.79 Å². The number of carboxylic acid groups (broad SMARTS) is 1. The minimum Gasteiger partial charge on any atom is -0.481 e. The van der Waals surface area contributed by atoms with Crippen molar-refractivity contribution in [2.45, 2.75) is 25.8 Å². The number of urea groups is 1. The molecule has 5 heteroatoms. The predicted molar refractivity (Wildman–Crippen MR) is 77.7 cm³/mol. The second-order valence-corrected chi connectivity index (χ2v) is 6.08. The van der Waals surface area contributed by atoms with Crippen molar-refractivity contribution in [1.29, 1.82) is 0 Å². The molecule has 112 valence electrons. The average molecular weight is 288 g/mol. The van der Waals surface area contributed by atoms with Gasteiger partial charge in [0.25, 0.3) is 0 Å². The molecular formula is C16H20N2O3. The van der Waals surface area contributed by atoms with Crippen molar-refractivity contribution in [3.8, 4) is 0 Å². The lowest BCUT2D eigenvalue weighted by atomic mass is 9.81. The fraction of sp³-hybridized carbons (Fsp3) is 0.500. The first-order chi connectivity index (χ1) is 10.1. The van der Waals surface area contributed by atoms with Gasteiger partial charge in [0.15, 0.2) is 0 Å². The summed E-state index contributed by atoms with van der Waals surface area (Å²) in [7, 11) is 0. The number of carboxylic acids is 1. The number of benzene rings is 1. The van der Waals surface area contributed by atoms with E-state index in [1.807, 2.05) is 30.3 Å². The quantitative estimate of drug-likeness (QED) is 0.894. The van der Waals surface area contributed by atoms with Crippen LogP contribution in [0.3, 0.4) is 0 Å². The van der Waals surface area contributed by atoms with Crippen molar-refractivity contribution in [3.05, 3.63) is 35.9 Å². The summed E-state index contributed by atoms with van der Waals surface area (Å²) in [6.07, 6.45) is 2.56. The van der Waals surface area contributed by atoms with E-state index in [0.29, 0.717) is 26.1 Å². The number of nitrogens with one attached hydrogen (secondary N) is 1. The maximum Gasteiger partial charge on any atom is 0.317 e. The first kappa shape index (κ1) is 13.9. The summed E-state index contributed by atoms with van der Waals surface area (Å²) in [5.41, 5.74) is 0.336. The van der Waals surface area contributed by atoms with Gasteiger partial charge in [0.2, 0.25) is 0 Å². The number of hydrogen-bond acceptors (Lipinski definition) is 2. The van der Waals surface area contributed by atoms with Gasteiger partial charge < -0.3 is 15.3 Å². The van der Waals surface area contributed by atoms with E-state index in [0.717, 1.165) is 18.4 Å². The van der Waals surface area contributed by atoms with Crippen molar-refractivity contribution in [1.82, 2.24) is 10.2 Å². The number of nitrogens with zero attached hydrogens (tertiary/aromatic N) is 1. The number of amides is 2. The van der Waals surface area contributed by atoms with Crippen molar-refractivity contribution in [3.63, 3.8) is 0 Å². The van der Waals surface area contributed by atoms with Gasteiger partial charge in [-0.05, 0) is 24.3 Å². The van der Waals surface area contributed by atoms with Crippen LogP contribution in [0.4, 0.5) is 4.79 Å². The predicted octanol–water partition coefficient (Wildman–Crippen LogP) is 2.08. The van der Waals surface area contributed by atoms with Crippen LogP contribution >= 0.6 is 0 Å². The van der Waals surface area contributed by atoms with E-state index < -0.39 is 11.4 Å². The van der Waals surface area contributed by atoms with E-state index in [-0.39, 0.29) is 11.9 Å². The minimum atomic E-state index is -0.747. The second kappa shape index (κ2) is 5.39. The first-order valence-corrected chi connectivity index (χ1v) is 7.42. The fourth-order valence-corrected chi connectivity index (χ4v) is 3.68. The molecule has 2 aliphatic rings. The van der Waals surface area contributed by atoms with Crippen molar-refractivity contribution >= 4 is 12.0 Å². The Bertz CT molecular complexity index is 546. The molecule has 2 N–H and O–H groups in total. The molecule has 2 atom stereocenters. The summed E-state index contributed by atoms with van der Waals surface area (Å²) in [4.78, 5) is 25.5. The van der Waals surface area contributed by atoms with Crippen LogP contribution in [0.5, 0.6) is 0 Å². The molecule has 5 nitrogen and oxygen atoms in total. The molecule has 0 spiro atoms. The Morgan fingerprint density at radius 2 is 2.10 bits per heavy atom. The van der Waals surface area contributed by atoms with Gasteiger partial charge >= 0.3 is 12.0 Å². The Morgan fingerprint density at radius 3 is 2.76 bits per heavy atom. The molecule has 1 aromatic carbocycles. The van der Waals surface area contributed by atoms with E-state index in [1.54, 1.807) is 4.90 Å². The Labute approximate surface area is 123 Å². The van der Waals surface area contributed by atoms with E-state index in [1.165, 1.54) is 0 Å². The molecule has 2 fully saturated rings. The van der Waals surface area contributed by atoms with Gasteiger partial charge in [0.05, 0.1) is 5.41 Å². The summed E-state index contributed by atoms with van der Waals surface area (Å²) in [6.45, 7) is 1.38. The molecule has 1 aliphatic heterocycles. The fourth-order valence-electron chi connectivity index (χ4n) is 3.68. The zero-order chi connectivity index (χ0) is 14.9. The highest BCUT2D eigenvalue weighted by atomic mass is 16.4. The van der Waals surface area contributed by atoms with E-state index in [4.69, 9.17) is 0 Å². The number of likely N-dealkylation sites (tertiary alicyclic amines) is 1. The van der Waals surface area contributed by atoms with Gasteiger partial charge in [0, 0.05) is 19.6 Å². The summed E-state index contributed by atoms with van der Waals surface area (Å²) < 4.78 is 0. The van der Waals surface area contributed by atoms with Crippen LogP contribution < -0.4 is 5.32 Å². The lowest BCUT2D eigenvalue weighted by molar-refractivity contribution is -0.149. The summed E-state index contributed by atoms with van der Waals surface area (Å²) in [6, 6.07) is 9.55. The van der Waals surface area contributed by atoms with Crippen molar-refractivity contribution in [2.24, 2.45) is 11.3 Å². The van der Waals surface area contributed by atoms with Crippen molar-refractivity contribution < 1.29 is 14.7 Å². The highest BCUT2D eigenvalue weighted by Gasteiger charge is 2.55. The molecule has 3 rings (SSSR count). The van der Waals surface area contributed by atoms with Crippen LogP contribution in [0.2, 0.25) is 0 Å². The molecule has 1 aliphatic carbocycles. The second-order valence-electron chi connectivity index (χ2n) is 6.08. The summed E-state index contributed by atoms with van der Waals surface area (Å²) >= 11 is 0. The molecule has 1 aromatic rings. The monoisotopic (exact) mass is 288 g/mol. The Morgan fingerprint density at radius 1 is 1.33 bits per heavy atom. The van der Waals surface area contributed by atoms with Gasteiger partial charge in [-0.2, -0.15) is 0 Å². The third-order valence-electron chi connectivity index (χ3n) is 4.87. The maximum absolute atomic E-state index is 12.2. The molecule has 1 saturated heterocycles. The smallest absolute Gasteiger partial charge is 0.317 e. The van der Waals surface area contributed by atoms with Crippen LogP contribution in [0.15, 0.2) is 30.3 Å². The summed E-state index contributed by atoms with van der Waals surface area (Å²) in [5, 5.41) is 12.4. The standard InChI is InChI=1S/C16H20N2O3/c19-14(20)16-8-4-7-13(16)10-18(11-16)15(21)17-9-12-5-2-1-3-6-12/h1-3,5-6,13H,4,7-11H2,(H,17,21)(H,19,20)/t13-,16+/m0/s1. The number of carbonyl (C=O) groups excluding carboxylic acids is 1. The van der Waals surface area contributed by atoms with E-state index in [9.17, 15) is 14.7 Å². The molecule has 0 unspecified atom stereocenters. The summed E-state index contributed by atoms with van der Waals surface area (Å²) in [5.74, 6) is -0.638. The number of carbonyl (C=O) groups is 2. The normalized spacial score (nSPS) is 27.4. The van der Waals surface area contributed by atoms with E-state index >= 15 is 0 Å². The minimum absolute atomic E-state index is 0.109. The molecule has 0 bridgehead atoms. The Hall–Kier alpha value is -2.04. The van der Waals surface area contributed by atoms with Crippen LogP contribution in [0, 0.1) is 11.3 Å². The lowest BCUT2D eigenvalue weighted by Gasteiger charge is -2.23. The third-order valence-corrected chi connectivity index (χ3v) is 4.87. The Kier molecular flexibility index (Phi) is 3.57. The number of aliphatic carboxylic acids is 1. The largest absolute Gasteiger partial charge is 0.481 e. The number of hydrogen-bond donors (Lipinski definition) is 2. The van der Waals surface area contributed by atoms with Crippen molar-refractivity contribution in [2.75, 3.05) is 13.1 Å². The Balaban J connectivity index is 1.61. The zero-order valence-corrected chi connectivity index (χ0v) is 11.9. The molecule has 21 heavy (non-hydrogen) atoms. The van der Waals surface area contributed by atoms with Crippen LogP contribution in [-0.2, 0) is 11.3 Å². The average Bonchev–Trinajstić information content (AvgIpc) is 3.03. The molecule has 1 saturated carbocycles. The van der Waals surface area contributed by atoms with Gasteiger partial charge in [-0.1, -0.05) is 36.8 Å². The lowest BCUT2D eigenvalue weighted by Crippen LogP contribution is -2.41. The van der Waals surface area contributed by atoms with Crippen LogP contribution in [0.25, 0.3) is 0 Å². The maximum atomic E-state index is 12.2. The topological polar surface area (TPSA) is 69.6 Å². The first-order valence-electron chi connectivity index (χ1n) is 7.42. The third kappa shape index (κ3) is 2.48. The number of fused-ring (bicyclic) bond motifs is 1. The molecule has 1 heterocycles. The highest BCUT2D eigenvalue weighted by molar-refractivity contribution is 5.80. The highest BCUT2D eigenvalue weighted by Crippen LogP contribution is 2.48.